The Morgan fingerprint density at radius 1 is 1.12 bits per heavy atom. The van der Waals surface area contributed by atoms with Gasteiger partial charge in [0.15, 0.2) is 0 Å². The predicted molar refractivity (Wildman–Crippen MR) is 161 cm³/mol. The molecule has 2 atom stereocenters. The smallest absolute Gasteiger partial charge is 0.265 e. The van der Waals surface area contributed by atoms with Gasteiger partial charge in [-0.25, -0.2) is 4.98 Å². The number of likely N-dealkylation sites (N-methyl/N-ethyl adjacent to an activating group) is 1. The van der Waals surface area contributed by atoms with Crippen LogP contribution < -0.4 is 10.1 Å². The molecule has 1 fully saturated rings. The lowest BCUT2D eigenvalue weighted by molar-refractivity contribution is -0.136. The molecule has 1 saturated heterocycles. The predicted octanol–water partition coefficient (Wildman–Crippen LogP) is 4.69. The van der Waals surface area contributed by atoms with Gasteiger partial charge in [0.2, 0.25) is 11.8 Å². The third kappa shape index (κ3) is 6.99. The van der Waals surface area contributed by atoms with E-state index < -0.39 is 6.04 Å². The van der Waals surface area contributed by atoms with Gasteiger partial charge in [0, 0.05) is 25.6 Å². The van der Waals surface area contributed by atoms with Crippen LogP contribution in [0.3, 0.4) is 0 Å². The van der Waals surface area contributed by atoms with Gasteiger partial charge >= 0.3 is 0 Å². The molecule has 3 aromatic rings. The van der Waals surface area contributed by atoms with E-state index in [-0.39, 0.29) is 42.7 Å². The number of carbonyl (C=O) groups excluding carboxylic acids is 3. The van der Waals surface area contributed by atoms with Crippen molar-refractivity contribution in [1.82, 2.24) is 20.1 Å². The summed E-state index contributed by atoms with van der Waals surface area (Å²) < 4.78 is 12.5. The van der Waals surface area contributed by atoms with Crippen LogP contribution in [0.2, 0.25) is 0 Å². The van der Waals surface area contributed by atoms with Crippen LogP contribution in [0.25, 0.3) is 0 Å². The normalized spacial score (nSPS) is 20.0. The zero-order valence-corrected chi connectivity index (χ0v) is 25.4. The number of hydrogen-bond donors (Lipinski definition) is 1. The van der Waals surface area contributed by atoms with Crippen molar-refractivity contribution in [2.45, 2.75) is 65.2 Å². The number of amides is 3. The molecule has 0 aliphatic carbocycles. The van der Waals surface area contributed by atoms with Crippen molar-refractivity contribution >= 4 is 29.1 Å². The number of thiazole rings is 1. The summed E-state index contributed by atoms with van der Waals surface area (Å²) in [6, 6.07) is 14.7. The van der Waals surface area contributed by atoms with Crippen LogP contribution in [0, 0.1) is 6.92 Å². The Kier molecular flexibility index (Phi) is 9.23. The van der Waals surface area contributed by atoms with Crippen molar-refractivity contribution in [2.75, 3.05) is 26.2 Å². The maximum atomic E-state index is 13.6. The fourth-order valence-corrected chi connectivity index (χ4v) is 6.34. The second kappa shape index (κ2) is 13.0. The van der Waals surface area contributed by atoms with Crippen molar-refractivity contribution in [1.29, 1.82) is 0 Å². The second-order valence-electron chi connectivity index (χ2n) is 11.2. The highest BCUT2D eigenvalue weighted by Gasteiger charge is 2.35. The number of benzene rings is 2. The molecule has 1 aromatic heterocycles. The van der Waals surface area contributed by atoms with Crippen molar-refractivity contribution in [2.24, 2.45) is 0 Å². The molecule has 5 rings (SSSR count). The van der Waals surface area contributed by atoms with Gasteiger partial charge in [-0.1, -0.05) is 38.1 Å². The lowest BCUT2D eigenvalue weighted by Gasteiger charge is -2.39. The van der Waals surface area contributed by atoms with Gasteiger partial charge in [0.25, 0.3) is 5.91 Å². The Balaban J connectivity index is 1.40. The topological polar surface area (TPSA) is 101 Å². The van der Waals surface area contributed by atoms with Crippen molar-refractivity contribution in [3.63, 3.8) is 0 Å². The Labute approximate surface area is 250 Å². The summed E-state index contributed by atoms with van der Waals surface area (Å²) in [5.74, 6) is 1.04. The maximum absolute atomic E-state index is 13.6. The zero-order valence-electron chi connectivity index (χ0n) is 24.6. The third-order valence-electron chi connectivity index (χ3n) is 7.61. The number of rotatable bonds is 3. The molecule has 0 spiro atoms. The molecule has 2 aliphatic heterocycles. The van der Waals surface area contributed by atoms with Gasteiger partial charge in [-0.3, -0.25) is 14.4 Å². The quantitative estimate of drug-likeness (QED) is 0.475. The van der Waals surface area contributed by atoms with Crippen molar-refractivity contribution in [3.8, 4) is 11.5 Å². The fraction of sp³-hybridized carbons (Fsp3) is 0.438. The molecule has 9 nitrogen and oxygen atoms in total. The molecule has 222 valence electrons. The lowest BCUT2D eigenvalue weighted by atomic mass is 10.0. The summed E-state index contributed by atoms with van der Waals surface area (Å²) in [4.78, 5) is 48.6. The summed E-state index contributed by atoms with van der Waals surface area (Å²) in [6.07, 6.45) is 0.402. The number of aromatic nitrogens is 1. The Hall–Kier alpha value is -3.76. The average molecular weight is 591 g/mol. The molecule has 10 heteroatoms. The highest BCUT2D eigenvalue weighted by atomic mass is 32.1. The summed E-state index contributed by atoms with van der Waals surface area (Å²) >= 11 is 1.44. The van der Waals surface area contributed by atoms with Gasteiger partial charge in [-0.2, -0.15) is 0 Å². The van der Waals surface area contributed by atoms with E-state index in [4.69, 9.17) is 9.47 Å². The van der Waals surface area contributed by atoms with Gasteiger partial charge in [0.05, 0.1) is 42.4 Å². The monoisotopic (exact) mass is 590 g/mol. The Morgan fingerprint density at radius 3 is 2.52 bits per heavy atom. The van der Waals surface area contributed by atoms with E-state index in [1.165, 1.54) is 11.3 Å². The van der Waals surface area contributed by atoms with Crippen LogP contribution in [-0.2, 0) is 27.4 Å². The minimum absolute atomic E-state index is 0.0742. The number of piperidine rings is 1. The number of hydrogen-bond acceptors (Lipinski definition) is 7. The first-order valence-corrected chi connectivity index (χ1v) is 15.3. The van der Waals surface area contributed by atoms with Crippen LogP contribution in [0.4, 0.5) is 0 Å². The van der Waals surface area contributed by atoms with Gasteiger partial charge in [-0.05, 0) is 55.7 Å². The first-order chi connectivity index (χ1) is 20.2. The Bertz CT molecular complexity index is 1450. The summed E-state index contributed by atoms with van der Waals surface area (Å²) in [5.41, 5.74) is 2.47. The van der Waals surface area contributed by atoms with Gasteiger partial charge < -0.3 is 24.6 Å². The molecule has 2 aromatic carbocycles. The van der Waals surface area contributed by atoms with Crippen molar-refractivity contribution < 1.29 is 23.9 Å². The molecule has 4 bridgehead atoms. The molecule has 3 amide bonds. The van der Waals surface area contributed by atoms with E-state index in [1.807, 2.05) is 62.4 Å². The molecule has 1 N–H and O–H groups in total. The van der Waals surface area contributed by atoms with E-state index in [0.29, 0.717) is 49.0 Å². The maximum Gasteiger partial charge on any atom is 0.265 e. The zero-order chi connectivity index (χ0) is 29.8. The lowest BCUT2D eigenvalue weighted by Crippen LogP contribution is -2.58. The first-order valence-electron chi connectivity index (χ1n) is 14.5. The van der Waals surface area contributed by atoms with Crippen LogP contribution in [-0.4, -0.2) is 70.8 Å². The molecule has 0 unspecified atom stereocenters. The minimum atomic E-state index is -0.438. The molecule has 0 radical (unpaired) electrons. The molecule has 0 saturated carbocycles. The van der Waals surface area contributed by atoms with Crippen LogP contribution in [0.15, 0.2) is 48.5 Å². The number of nitrogens with zero attached hydrogens (tertiary/aromatic N) is 3. The SMILES string of the molecule is CCN1CC(=O)N[C@H]2CN(C(=O)c3sc(C(C)C)nc3C)CC[C@@H]2OCc2cccc(c2)Oc2cccc(c2)CC1=O. The molecule has 3 heterocycles. The van der Waals surface area contributed by atoms with Crippen LogP contribution >= 0.6 is 11.3 Å². The fourth-order valence-electron chi connectivity index (χ4n) is 5.30. The number of aryl methyl sites for hydroxylation is 1. The van der Waals surface area contributed by atoms with Crippen LogP contribution in [0.5, 0.6) is 11.5 Å². The molecule has 42 heavy (non-hydrogen) atoms. The third-order valence-corrected chi connectivity index (χ3v) is 9.05. The second-order valence-corrected chi connectivity index (χ2v) is 12.2. The minimum Gasteiger partial charge on any atom is -0.457 e. The molecule has 2 aliphatic rings. The van der Waals surface area contributed by atoms with Gasteiger partial charge in [0.1, 0.15) is 16.4 Å². The summed E-state index contributed by atoms with van der Waals surface area (Å²) in [7, 11) is 0. The van der Waals surface area contributed by atoms with E-state index in [1.54, 1.807) is 9.80 Å². The number of fused-ring (bicyclic) bond motifs is 5. The summed E-state index contributed by atoms with van der Waals surface area (Å²) in [6.45, 7) is 9.31. The van der Waals surface area contributed by atoms with Gasteiger partial charge in [-0.15, -0.1) is 11.3 Å². The number of ether oxygens (including phenoxy) is 2. The van der Waals surface area contributed by atoms with E-state index >= 15 is 0 Å². The number of carbonyl (C=O) groups is 3. The summed E-state index contributed by atoms with van der Waals surface area (Å²) in [5, 5.41) is 4.03. The molecular formula is C32H38N4O5S. The van der Waals surface area contributed by atoms with Crippen molar-refractivity contribution in [3.05, 3.63) is 75.2 Å². The van der Waals surface area contributed by atoms with E-state index in [0.717, 1.165) is 21.8 Å². The standard InChI is InChI=1S/C32H38N4O5S/c1-5-35-18-28(37)34-26-17-36(32(39)30-21(4)33-31(42-30)20(2)3)13-12-27(26)40-19-23-9-7-11-25(15-23)41-24-10-6-8-22(14-24)16-29(35)38/h6-11,14-15,20,26-27H,5,12-13,16-19H2,1-4H3,(H,34,37)/t26-,27-/m0/s1. The van der Waals surface area contributed by atoms with Crippen LogP contribution in [0.1, 0.15) is 64.6 Å². The number of likely N-dealkylation sites (tertiary alicyclic amines) is 1. The van der Waals surface area contributed by atoms with E-state index in [2.05, 4.69) is 24.1 Å². The first kappa shape index (κ1) is 29.7. The highest BCUT2D eigenvalue weighted by Crippen LogP contribution is 2.28. The molecular weight excluding hydrogens is 552 g/mol. The number of nitrogens with one attached hydrogen (secondary N) is 1. The Morgan fingerprint density at radius 2 is 1.83 bits per heavy atom. The highest BCUT2D eigenvalue weighted by molar-refractivity contribution is 7.13. The largest absolute Gasteiger partial charge is 0.457 e. The van der Waals surface area contributed by atoms with E-state index in [9.17, 15) is 14.4 Å². The average Bonchev–Trinajstić information content (AvgIpc) is 3.36.